The van der Waals surface area contributed by atoms with E-state index in [4.69, 9.17) is 0 Å². The topological polar surface area (TPSA) is 65.2 Å². The summed E-state index contributed by atoms with van der Waals surface area (Å²) in [5, 5.41) is 19.4. The number of benzene rings is 2. The largest absolute Gasteiger partial charge is 0.507 e. The Morgan fingerprint density at radius 3 is 1.45 bits per heavy atom. The highest BCUT2D eigenvalue weighted by molar-refractivity contribution is 5.84. The first-order valence-electron chi connectivity index (χ1n) is 7.20. The van der Waals surface area contributed by atoms with Gasteiger partial charge in [-0.2, -0.15) is 0 Å². The molecule has 2 aromatic carbocycles. The van der Waals surface area contributed by atoms with Crippen LogP contribution in [0.25, 0.3) is 0 Å². The molecule has 2 aromatic rings. The molecule has 0 aliphatic heterocycles. The first-order chi connectivity index (χ1) is 10.6. The zero-order chi connectivity index (χ0) is 15.9. The maximum absolute atomic E-state index is 9.70. The average Bonchev–Trinajstić information content (AvgIpc) is 2.52. The molecule has 114 valence electrons. The van der Waals surface area contributed by atoms with E-state index in [2.05, 4.69) is 9.98 Å². The normalized spacial score (nSPS) is 14.5. The third-order valence-corrected chi connectivity index (χ3v) is 3.47. The molecular formula is C18H20N2O2. The third-order valence-electron chi connectivity index (χ3n) is 3.47. The summed E-state index contributed by atoms with van der Waals surface area (Å²) in [5.74, 6) is 0.424. The van der Waals surface area contributed by atoms with Crippen molar-refractivity contribution in [1.29, 1.82) is 0 Å². The number of phenols is 2. The molecule has 0 aliphatic rings. The summed E-state index contributed by atoms with van der Waals surface area (Å²) in [4.78, 5) is 8.86. The fraction of sp³-hybridized carbons (Fsp3) is 0.222. The van der Waals surface area contributed by atoms with Gasteiger partial charge in [0.15, 0.2) is 0 Å². The molecule has 4 nitrogen and oxygen atoms in total. The summed E-state index contributed by atoms with van der Waals surface area (Å²) in [7, 11) is 0. The lowest BCUT2D eigenvalue weighted by Crippen LogP contribution is -2.15. The second-order valence-corrected chi connectivity index (χ2v) is 5.16. The van der Waals surface area contributed by atoms with Crippen LogP contribution in [0.4, 0.5) is 0 Å². The van der Waals surface area contributed by atoms with Crippen LogP contribution in [-0.4, -0.2) is 34.7 Å². The van der Waals surface area contributed by atoms with Crippen LogP contribution < -0.4 is 0 Å². The Kier molecular flexibility index (Phi) is 5.31. The van der Waals surface area contributed by atoms with Crippen molar-refractivity contribution in [2.24, 2.45) is 9.98 Å². The van der Waals surface area contributed by atoms with E-state index >= 15 is 0 Å². The van der Waals surface area contributed by atoms with Crippen LogP contribution in [0.2, 0.25) is 0 Å². The second kappa shape index (κ2) is 7.41. The van der Waals surface area contributed by atoms with Crippen LogP contribution in [0.15, 0.2) is 58.5 Å². The van der Waals surface area contributed by atoms with Crippen molar-refractivity contribution in [3.05, 3.63) is 59.7 Å². The number of aromatic hydroxyl groups is 2. The summed E-state index contributed by atoms with van der Waals surface area (Å²) in [6.07, 6.45) is 3.32. The Balaban J connectivity index is 2.02. The van der Waals surface area contributed by atoms with Crippen LogP contribution in [0.5, 0.6) is 11.5 Å². The maximum atomic E-state index is 9.70. The number of hydrogen-bond acceptors (Lipinski definition) is 4. The highest BCUT2D eigenvalue weighted by Gasteiger charge is 2.08. The van der Waals surface area contributed by atoms with Crippen LogP contribution in [0, 0.1) is 0 Å². The molecule has 2 N–H and O–H groups in total. The minimum absolute atomic E-state index is 0.0401. The average molecular weight is 296 g/mol. The van der Waals surface area contributed by atoms with Gasteiger partial charge in [-0.3, -0.25) is 9.98 Å². The van der Waals surface area contributed by atoms with Gasteiger partial charge >= 0.3 is 0 Å². The van der Waals surface area contributed by atoms with Crippen molar-refractivity contribution in [3.8, 4) is 11.5 Å². The summed E-state index contributed by atoms with van der Waals surface area (Å²) in [5.41, 5.74) is 1.37. The van der Waals surface area contributed by atoms with E-state index in [-0.39, 0.29) is 23.6 Å². The molecule has 4 heteroatoms. The smallest absolute Gasteiger partial charge is 0.124 e. The molecule has 0 spiro atoms. The summed E-state index contributed by atoms with van der Waals surface area (Å²) in [6.45, 7) is 3.92. The van der Waals surface area contributed by atoms with E-state index in [1.807, 2.05) is 38.1 Å². The summed E-state index contributed by atoms with van der Waals surface area (Å²) < 4.78 is 0. The zero-order valence-electron chi connectivity index (χ0n) is 12.7. The minimum atomic E-state index is -0.0401. The van der Waals surface area contributed by atoms with E-state index in [0.29, 0.717) is 11.1 Å². The van der Waals surface area contributed by atoms with Gasteiger partial charge in [0.1, 0.15) is 11.5 Å². The number of hydrogen-bond donors (Lipinski definition) is 2. The molecule has 0 heterocycles. The molecule has 2 atom stereocenters. The summed E-state index contributed by atoms with van der Waals surface area (Å²) in [6, 6.07) is 14.0. The molecule has 0 amide bonds. The first kappa shape index (κ1) is 15.8. The Bertz CT molecular complexity index is 621. The molecule has 0 saturated heterocycles. The lowest BCUT2D eigenvalue weighted by molar-refractivity contribution is 0.473. The van der Waals surface area contributed by atoms with Gasteiger partial charge in [-0.1, -0.05) is 24.3 Å². The molecule has 0 aliphatic carbocycles. The van der Waals surface area contributed by atoms with E-state index < -0.39 is 0 Å². The molecule has 0 unspecified atom stereocenters. The SMILES string of the molecule is C[C@H](N=Cc1ccccc1O)[C@H](C)N=Cc1ccccc1O. The highest BCUT2D eigenvalue weighted by Crippen LogP contribution is 2.15. The molecule has 0 fully saturated rings. The number of rotatable bonds is 5. The van der Waals surface area contributed by atoms with Gasteiger partial charge in [0.2, 0.25) is 0 Å². The fourth-order valence-electron chi connectivity index (χ4n) is 1.84. The Morgan fingerprint density at radius 1 is 0.727 bits per heavy atom. The van der Waals surface area contributed by atoms with Gasteiger partial charge in [-0.25, -0.2) is 0 Å². The van der Waals surface area contributed by atoms with Gasteiger partial charge in [0.05, 0.1) is 12.1 Å². The van der Waals surface area contributed by atoms with Crippen LogP contribution in [0.1, 0.15) is 25.0 Å². The van der Waals surface area contributed by atoms with Crippen LogP contribution in [-0.2, 0) is 0 Å². The fourth-order valence-corrected chi connectivity index (χ4v) is 1.84. The molecule has 0 radical (unpaired) electrons. The monoisotopic (exact) mass is 296 g/mol. The van der Waals surface area contributed by atoms with Crippen molar-refractivity contribution in [2.45, 2.75) is 25.9 Å². The molecule has 22 heavy (non-hydrogen) atoms. The highest BCUT2D eigenvalue weighted by atomic mass is 16.3. The van der Waals surface area contributed by atoms with Crippen molar-refractivity contribution in [3.63, 3.8) is 0 Å². The molecule has 0 bridgehead atoms. The predicted octanol–water partition coefficient (Wildman–Crippen LogP) is 3.41. The predicted molar refractivity (Wildman–Crippen MR) is 90.3 cm³/mol. The third kappa shape index (κ3) is 4.19. The van der Waals surface area contributed by atoms with Crippen molar-refractivity contribution in [1.82, 2.24) is 0 Å². The van der Waals surface area contributed by atoms with Crippen LogP contribution in [0.3, 0.4) is 0 Å². The second-order valence-electron chi connectivity index (χ2n) is 5.16. The Morgan fingerprint density at radius 2 is 1.09 bits per heavy atom. The van der Waals surface area contributed by atoms with E-state index in [1.54, 1.807) is 36.7 Å². The van der Waals surface area contributed by atoms with E-state index in [1.165, 1.54) is 0 Å². The number of para-hydroxylation sites is 2. The van der Waals surface area contributed by atoms with E-state index in [0.717, 1.165) is 0 Å². The van der Waals surface area contributed by atoms with Gasteiger partial charge < -0.3 is 10.2 Å². The molecular weight excluding hydrogens is 276 g/mol. The zero-order valence-corrected chi connectivity index (χ0v) is 12.7. The standard InChI is InChI=1S/C18H20N2O2/c1-13(19-11-15-7-3-5-9-17(15)21)14(2)20-12-16-8-4-6-10-18(16)22/h3-14,21-22H,1-2H3/t13-,14-/m0/s1. The quantitative estimate of drug-likeness (QED) is 0.830. The first-order valence-corrected chi connectivity index (χ1v) is 7.20. The Hall–Kier alpha value is -2.62. The van der Waals surface area contributed by atoms with Gasteiger partial charge in [-0.05, 0) is 38.1 Å². The molecule has 0 saturated carbocycles. The minimum Gasteiger partial charge on any atom is -0.507 e. The Labute approximate surface area is 130 Å². The lowest BCUT2D eigenvalue weighted by atomic mass is 10.1. The molecule has 2 rings (SSSR count). The number of aliphatic imine (C=N–C) groups is 2. The van der Waals surface area contributed by atoms with Gasteiger partial charge in [0.25, 0.3) is 0 Å². The number of nitrogens with zero attached hydrogens (tertiary/aromatic N) is 2. The van der Waals surface area contributed by atoms with Crippen molar-refractivity contribution in [2.75, 3.05) is 0 Å². The lowest BCUT2D eigenvalue weighted by Gasteiger charge is -2.11. The summed E-state index contributed by atoms with van der Waals surface area (Å²) >= 11 is 0. The van der Waals surface area contributed by atoms with Gasteiger partial charge in [-0.15, -0.1) is 0 Å². The number of phenolic OH excluding ortho intramolecular Hbond substituents is 2. The van der Waals surface area contributed by atoms with E-state index in [9.17, 15) is 10.2 Å². The van der Waals surface area contributed by atoms with Crippen molar-refractivity contribution < 1.29 is 10.2 Å². The maximum Gasteiger partial charge on any atom is 0.124 e. The van der Waals surface area contributed by atoms with Crippen LogP contribution >= 0.6 is 0 Å². The van der Waals surface area contributed by atoms with Crippen molar-refractivity contribution >= 4 is 12.4 Å². The molecule has 0 aromatic heterocycles. The van der Waals surface area contributed by atoms with Gasteiger partial charge in [0, 0.05) is 23.6 Å².